The van der Waals surface area contributed by atoms with E-state index in [9.17, 15) is 0 Å². The molecule has 0 unspecified atom stereocenters. The van der Waals surface area contributed by atoms with E-state index in [1.807, 2.05) is 23.5 Å². The van der Waals surface area contributed by atoms with Gasteiger partial charge in [0.25, 0.3) is 0 Å². The van der Waals surface area contributed by atoms with Crippen molar-refractivity contribution in [2.75, 3.05) is 4.90 Å². The second kappa shape index (κ2) is 11.2. The van der Waals surface area contributed by atoms with Crippen LogP contribution in [0.5, 0.6) is 0 Å². The molecule has 0 saturated carbocycles. The zero-order valence-corrected chi connectivity index (χ0v) is 27.3. The smallest absolute Gasteiger partial charge is 0.135 e. The lowest BCUT2D eigenvalue weighted by Crippen LogP contribution is -2.11. The van der Waals surface area contributed by atoms with Gasteiger partial charge in [-0.2, -0.15) is 0 Å². The molecule has 2 nitrogen and oxygen atoms in total. The first-order valence-corrected chi connectivity index (χ1v) is 17.4. The molecule has 8 aromatic carbocycles. The van der Waals surface area contributed by atoms with Gasteiger partial charge in [0.15, 0.2) is 0 Å². The van der Waals surface area contributed by atoms with Gasteiger partial charge in [0.05, 0.1) is 5.69 Å². The van der Waals surface area contributed by atoms with E-state index in [1.165, 1.54) is 53.2 Å². The normalized spacial score (nSPS) is 11.7. The average Bonchev–Trinajstić information content (AvgIpc) is 3.73. The van der Waals surface area contributed by atoms with Gasteiger partial charge in [-0.15, -0.1) is 11.3 Å². The maximum absolute atomic E-state index is 6.24. The molecule has 230 valence electrons. The van der Waals surface area contributed by atoms with Gasteiger partial charge in [-0.25, -0.2) is 0 Å². The second-order valence-electron chi connectivity index (χ2n) is 12.5. The number of hydrogen-bond acceptors (Lipinski definition) is 3. The molecule has 10 aromatic rings. The predicted octanol–water partition coefficient (Wildman–Crippen LogP) is 13.9. The van der Waals surface area contributed by atoms with Gasteiger partial charge < -0.3 is 9.32 Å². The Labute approximate surface area is 287 Å². The molecule has 10 rings (SSSR count). The Kier molecular flexibility index (Phi) is 6.39. The lowest BCUT2D eigenvalue weighted by Gasteiger charge is -2.28. The fourth-order valence-electron chi connectivity index (χ4n) is 7.26. The van der Waals surface area contributed by atoms with Crippen molar-refractivity contribution in [1.29, 1.82) is 0 Å². The quantitative estimate of drug-likeness (QED) is 0.186. The SMILES string of the molecule is c1ccc(N(c2ccc(-c3ccc4ccccc4c3)cc2)c2ccc3oc4ccccc4c3c2)c(-c2ccc3sc4ccccc4c3c2)c1. The third kappa shape index (κ3) is 4.70. The molecule has 0 N–H and O–H groups in total. The summed E-state index contributed by atoms with van der Waals surface area (Å²) in [5.41, 5.74) is 9.84. The van der Waals surface area contributed by atoms with Gasteiger partial charge in [0, 0.05) is 47.9 Å². The fraction of sp³-hybridized carbons (Fsp3) is 0. The Morgan fingerprint density at radius 2 is 1.06 bits per heavy atom. The summed E-state index contributed by atoms with van der Waals surface area (Å²) >= 11 is 1.85. The highest BCUT2D eigenvalue weighted by atomic mass is 32.1. The van der Waals surface area contributed by atoms with Gasteiger partial charge >= 0.3 is 0 Å². The molecule has 0 atom stereocenters. The molecule has 0 bridgehead atoms. The van der Waals surface area contributed by atoms with E-state index >= 15 is 0 Å². The molecule has 0 aliphatic rings. The van der Waals surface area contributed by atoms with Crippen LogP contribution in [0.4, 0.5) is 17.1 Å². The van der Waals surface area contributed by atoms with Crippen LogP contribution in [-0.2, 0) is 0 Å². The summed E-state index contributed by atoms with van der Waals surface area (Å²) in [5, 5.41) is 7.33. The van der Waals surface area contributed by atoms with Crippen LogP contribution in [0, 0.1) is 0 Å². The molecular weight excluding hydrogens is 615 g/mol. The zero-order valence-electron chi connectivity index (χ0n) is 26.5. The number of para-hydroxylation sites is 2. The predicted molar refractivity (Wildman–Crippen MR) is 210 cm³/mol. The molecule has 2 aromatic heterocycles. The minimum absolute atomic E-state index is 0.889. The first kappa shape index (κ1) is 27.9. The number of anilines is 3. The second-order valence-corrected chi connectivity index (χ2v) is 13.6. The van der Waals surface area contributed by atoms with E-state index < -0.39 is 0 Å². The highest BCUT2D eigenvalue weighted by molar-refractivity contribution is 7.25. The van der Waals surface area contributed by atoms with Crippen molar-refractivity contribution in [3.05, 3.63) is 176 Å². The van der Waals surface area contributed by atoms with Crippen LogP contribution in [0.3, 0.4) is 0 Å². The number of benzene rings is 8. The molecule has 3 heteroatoms. The Morgan fingerprint density at radius 1 is 0.388 bits per heavy atom. The van der Waals surface area contributed by atoms with Crippen LogP contribution in [-0.4, -0.2) is 0 Å². The van der Waals surface area contributed by atoms with Crippen molar-refractivity contribution in [2.24, 2.45) is 0 Å². The van der Waals surface area contributed by atoms with Gasteiger partial charge in [0.2, 0.25) is 0 Å². The summed E-state index contributed by atoms with van der Waals surface area (Å²) < 4.78 is 8.86. The van der Waals surface area contributed by atoms with Crippen molar-refractivity contribution in [3.63, 3.8) is 0 Å². The summed E-state index contributed by atoms with van der Waals surface area (Å²) in [6.45, 7) is 0. The minimum atomic E-state index is 0.889. The van der Waals surface area contributed by atoms with Gasteiger partial charge in [-0.1, -0.05) is 109 Å². The monoisotopic (exact) mass is 643 g/mol. The van der Waals surface area contributed by atoms with E-state index in [4.69, 9.17) is 4.42 Å². The van der Waals surface area contributed by atoms with Crippen LogP contribution < -0.4 is 4.90 Å². The molecule has 49 heavy (non-hydrogen) atoms. The van der Waals surface area contributed by atoms with E-state index in [2.05, 4.69) is 169 Å². The van der Waals surface area contributed by atoms with E-state index in [1.54, 1.807) is 0 Å². The molecule has 0 aliphatic heterocycles. The standard InChI is InChI=1S/C46H29NOS/c1-2-10-32-27-33(18-17-30(32)9-1)31-19-22-35(23-20-31)47(36-24-25-44-40(29-36)38-12-4-7-15-43(38)48-44)42-14-6-3-11-37(42)34-21-26-46-41(28-34)39-13-5-8-16-45(39)49-46/h1-29H. The summed E-state index contributed by atoms with van der Waals surface area (Å²) in [7, 11) is 0. The summed E-state index contributed by atoms with van der Waals surface area (Å²) in [6.07, 6.45) is 0. The Bertz CT molecular complexity index is 2840. The van der Waals surface area contributed by atoms with Crippen molar-refractivity contribution in [3.8, 4) is 22.3 Å². The van der Waals surface area contributed by atoms with Crippen molar-refractivity contribution < 1.29 is 4.42 Å². The largest absolute Gasteiger partial charge is 0.456 e. The summed E-state index contributed by atoms with van der Waals surface area (Å²) in [6, 6.07) is 63.4. The molecule has 0 fully saturated rings. The number of nitrogens with zero attached hydrogens (tertiary/aromatic N) is 1. The first-order chi connectivity index (χ1) is 24.3. The molecule has 0 spiro atoms. The molecule has 0 saturated heterocycles. The molecule has 0 aliphatic carbocycles. The van der Waals surface area contributed by atoms with Crippen LogP contribution in [0.15, 0.2) is 180 Å². The minimum Gasteiger partial charge on any atom is -0.456 e. The molecular formula is C46H29NOS. The number of hydrogen-bond donors (Lipinski definition) is 0. The Balaban J connectivity index is 1.15. The summed E-state index contributed by atoms with van der Waals surface area (Å²) in [5.74, 6) is 0. The van der Waals surface area contributed by atoms with E-state index in [0.717, 1.165) is 39.0 Å². The first-order valence-electron chi connectivity index (χ1n) is 16.6. The van der Waals surface area contributed by atoms with Gasteiger partial charge in [0.1, 0.15) is 11.2 Å². The van der Waals surface area contributed by atoms with Crippen LogP contribution in [0.2, 0.25) is 0 Å². The van der Waals surface area contributed by atoms with E-state index in [-0.39, 0.29) is 0 Å². The zero-order chi connectivity index (χ0) is 32.3. The third-order valence-corrected chi connectivity index (χ3v) is 10.8. The fourth-order valence-corrected chi connectivity index (χ4v) is 8.34. The number of thiophene rings is 1. The molecule has 2 heterocycles. The van der Waals surface area contributed by atoms with Crippen molar-refractivity contribution in [1.82, 2.24) is 0 Å². The third-order valence-electron chi connectivity index (χ3n) is 9.66. The van der Waals surface area contributed by atoms with Crippen LogP contribution in [0.1, 0.15) is 0 Å². The van der Waals surface area contributed by atoms with Crippen LogP contribution in [0.25, 0.3) is 75.1 Å². The topological polar surface area (TPSA) is 16.4 Å². The van der Waals surface area contributed by atoms with Crippen molar-refractivity contribution >= 4 is 81.3 Å². The number of furan rings is 1. The highest BCUT2D eigenvalue weighted by Gasteiger charge is 2.19. The highest BCUT2D eigenvalue weighted by Crippen LogP contribution is 2.44. The summed E-state index contributed by atoms with van der Waals surface area (Å²) in [4.78, 5) is 2.39. The Hall–Kier alpha value is -6.16. The maximum Gasteiger partial charge on any atom is 0.135 e. The van der Waals surface area contributed by atoms with E-state index in [0.29, 0.717) is 0 Å². The number of rotatable bonds is 5. The molecule has 0 amide bonds. The molecule has 0 radical (unpaired) electrons. The maximum atomic E-state index is 6.24. The average molecular weight is 644 g/mol. The number of fused-ring (bicyclic) bond motifs is 7. The lowest BCUT2D eigenvalue weighted by atomic mass is 9.98. The van der Waals surface area contributed by atoms with Crippen LogP contribution >= 0.6 is 11.3 Å². The van der Waals surface area contributed by atoms with Crippen molar-refractivity contribution in [2.45, 2.75) is 0 Å². The van der Waals surface area contributed by atoms with Gasteiger partial charge in [-0.3, -0.25) is 0 Å². The Morgan fingerprint density at radius 3 is 1.98 bits per heavy atom. The van der Waals surface area contributed by atoms with Gasteiger partial charge in [-0.05, 0) is 94.2 Å². The lowest BCUT2D eigenvalue weighted by molar-refractivity contribution is 0.669.